The number of carbonyl (C=O) groups excluding carboxylic acids is 1. The SMILES string of the molecule is CCCN(Cc1ccc(C(N)=O)cc1)C1CCNCC1. The van der Waals surface area contributed by atoms with Gasteiger partial charge in [0.2, 0.25) is 5.91 Å². The van der Waals surface area contributed by atoms with E-state index in [4.69, 9.17) is 5.73 Å². The second-order valence-corrected chi connectivity index (χ2v) is 5.51. The molecular weight excluding hydrogens is 250 g/mol. The first-order chi connectivity index (χ1) is 9.70. The largest absolute Gasteiger partial charge is 0.366 e. The van der Waals surface area contributed by atoms with Crippen LogP contribution in [0.4, 0.5) is 0 Å². The molecule has 1 aliphatic rings. The summed E-state index contributed by atoms with van der Waals surface area (Å²) in [5, 5.41) is 3.42. The molecule has 4 nitrogen and oxygen atoms in total. The van der Waals surface area contributed by atoms with E-state index in [9.17, 15) is 4.79 Å². The van der Waals surface area contributed by atoms with Gasteiger partial charge < -0.3 is 11.1 Å². The van der Waals surface area contributed by atoms with Gasteiger partial charge in [0.1, 0.15) is 0 Å². The van der Waals surface area contributed by atoms with Gasteiger partial charge in [-0.2, -0.15) is 0 Å². The minimum absolute atomic E-state index is 0.361. The predicted octanol–water partition coefficient (Wildman–Crippen LogP) is 1.75. The Balaban J connectivity index is 2.01. The summed E-state index contributed by atoms with van der Waals surface area (Å²) < 4.78 is 0. The second kappa shape index (κ2) is 7.41. The minimum Gasteiger partial charge on any atom is -0.366 e. The number of hydrogen-bond donors (Lipinski definition) is 2. The second-order valence-electron chi connectivity index (χ2n) is 5.51. The number of rotatable bonds is 6. The van der Waals surface area contributed by atoms with Crippen LogP contribution in [0.3, 0.4) is 0 Å². The maximum atomic E-state index is 11.1. The van der Waals surface area contributed by atoms with Crippen molar-refractivity contribution in [2.45, 2.75) is 38.8 Å². The zero-order valence-corrected chi connectivity index (χ0v) is 12.3. The summed E-state index contributed by atoms with van der Waals surface area (Å²) in [4.78, 5) is 13.7. The number of nitrogens with two attached hydrogens (primary N) is 1. The molecule has 0 aliphatic carbocycles. The van der Waals surface area contributed by atoms with Gasteiger partial charge in [-0.05, 0) is 56.6 Å². The fraction of sp³-hybridized carbons (Fsp3) is 0.562. The summed E-state index contributed by atoms with van der Waals surface area (Å²) in [6.45, 7) is 6.54. The highest BCUT2D eigenvalue weighted by molar-refractivity contribution is 5.92. The monoisotopic (exact) mass is 275 g/mol. The third kappa shape index (κ3) is 4.05. The maximum absolute atomic E-state index is 11.1. The van der Waals surface area contributed by atoms with E-state index < -0.39 is 0 Å². The molecule has 0 aromatic heterocycles. The van der Waals surface area contributed by atoms with Crippen LogP contribution in [-0.4, -0.2) is 36.5 Å². The van der Waals surface area contributed by atoms with Gasteiger partial charge in [0, 0.05) is 18.2 Å². The van der Waals surface area contributed by atoms with Gasteiger partial charge in [-0.3, -0.25) is 9.69 Å². The highest BCUT2D eigenvalue weighted by Gasteiger charge is 2.20. The number of hydrogen-bond acceptors (Lipinski definition) is 3. The van der Waals surface area contributed by atoms with E-state index in [0.29, 0.717) is 11.6 Å². The van der Waals surface area contributed by atoms with Crippen molar-refractivity contribution in [1.29, 1.82) is 0 Å². The molecule has 0 bridgehead atoms. The number of primary amides is 1. The van der Waals surface area contributed by atoms with E-state index in [-0.39, 0.29) is 5.91 Å². The van der Waals surface area contributed by atoms with Crippen LogP contribution in [0.25, 0.3) is 0 Å². The zero-order chi connectivity index (χ0) is 14.4. The van der Waals surface area contributed by atoms with Gasteiger partial charge in [0.05, 0.1) is 0 Å². The first-order valence-corrected chi connectivity index (χ1v) is 7.54. The quantitative estimate of drug-likeness (QED) is 0.831. The third-order valence-corrected chi connectivity index (χ3v) is 3.96. The van der Waals surface area contributed by atoms with Crippen molar-refractivity contribution in [3.8, 4) is 0 Å². The number of carbonyl (C=O) groups is 1. The molecule has 3 N–H and O–H groups in total. The molecule has 0 saturated carbocycles. The fourth-order valence-electron chi connectivity index (χ4n) is 2.86. The molecule has 1 aliphatic heterocycles. The highest BCUT2D eigenvalue weighted by Crippen LogP contribution is 2.16. The van der Waals surface area contributed by atoms with E-state index in [0.717, 1.165) is 26.2 Å². The lowest BCUT2D eigenvalue weighted by Crippen LogP contribution is -2.43. The van der Waals surface area contributed by atoms with Gasteiger partial charge in [-0.25, -0.2) is 0 Å². The lowest BCUT2D eigenvalue weighted by atomic mass is 10.0. The van der Waals surface area contributed by atoms with Gasteiger partial charge in [-0.1, -0.05) is 19.1 Å². The lowest BCUT2D eigenvalue weighted by Gasteiger charge is -2.34. The summed E-state index contributed by atoms with van der Waals surface area (Å²) in [7, 11) is 0. The van der Waals surface area contributed by atoms with Crippen molar-refractivity contribution in [2.24, 2.45) is 5.73 Å². The Morgan fingerprint density at radius 1 is 1.30 bits per heavy atom. The number of piperidine rings is 1. The Morgan fingerprint density at radius 3 is 2.50 bits per heavy atom. The molecule has 1 aromatic carbocycles. The highest BCUT2D eigenvalue weighted by atomic mass is 16.1. The molecule has 1 saturated heterocycles. The molecular formula is C16H25N3O. The average molecular weight is 275 g/mol. The molecule has 1 aromatic rings. The Hall–Kier alpha value is -1.39. The molecule has 0 radical (unpaired) electrons. The van der Waals surface area contributed by atoms with E-state index in [1.165, 1.54) is 24.8 Å². The summed E-state index contributed by atoms with van der Waals surface area (Å²) in [5.74, 6) is -0.361. The van der Waals surface area contributed by atoms with Crippen LogP contribution in [0, 0.1) is 0 Å². The van der Waals surface area contributed by atoms with E-state index in [1.54, 1.807) is 0 Å². The summed E-state index contributed by atoms with van der Waals surface area (Å²) >= 11 is 0. The standard InChI is InChI=1S/C16H25N3O/c1-2-11-19(15-7-9-18-10-8-15)12-13-3-5-14(6-4-13)16(17)20/h3-6,15,18H,2,7-12H2,1H3,(H2,17,20). The maximum Gasteiger partial charge on any atom is 0.248 e. The number of amides is 1. The van der Waals surface area contributed by atoms with Crippen LogP contribution >= 0.6 is 0 Å². The Kier molecular flexibility index (Phi) is 5.56. The van der Waals surface area contributed by atoms with Gasteiger partial charge in [-0.15, -0.1) is 0 Å². The summed E-state index contributed by atoms with van der Waals surface area (Å²) in [6.07, 6.45) is 3.61. The normalized spacial score (nSPS) is 16.5. The molecule has 1 heterocycles. The Morgan fingerprint density at radius 2 is 1.95 bits per heavy atom. The third-order valence-electron chi connectivity index (χ3n) is 3.96. The molecule has 2 rings (SSSR count). The van der Waals surface area contributed by atoms with E-state index >= 15 is 0 Å². The minimum atomic E-state index is -0.361. The van der Waals surface area contributed by atoms with Crippen molar-refractivity contribution in [2.75, 3.05) is 19.6 Å². The van der Waals surface area contributed by atoms with Crippen molar-refractivity contribution in [1.82, 2.24) is 10.2 Å². The summed E-state index contributed by atoms with van der Waals surface area (Å²) in [6, 6.07) is 8.36. The number of nitrogens with zero attached hydrogens (tertiary/aromatic N) is 1. The van der Waals surface area contributed by atoms with Gasteiger partial charge in [0.25, 0.3) is 0 Å². The fourth-order valence-corrected chi connectivity index (χ4v) is 2.86. The molecule has 1 fully saturated rings. The Labute approximate surface area is 121 Å². The van der Waals surface area contributed by atoms with E-state index in [2.05, 4.69) is 17.1 Å². The molecule has 1 amide bonds. The van der Waals surface area contributed by atoms with Crippen LogP contribution in [0.15, 0.2) is 24.3 Å². The van der Waals surface area contributed by atoms with Crippen LogP contribution < -0.4 is 11.1 Å². The van der Waals surface area contributed by atoms with Gasteiger partial charge >= 0.3 is 0 Å². The Bertz CT molecular complexity index is 424. The van der Waals surface area contributed by atoms with E-state index in [1.807, 2.05) is 24.3 Å². The van der Waals surface area contributed by atoms with Crippen molar-refractivity contribution in [3.63, 3.8) is 0 Å². The lowest BCUT2D eigenvalue weighted by molar-refractivity contribution is 0.1000. The van der Waals surface area contributed by atoms with Crippen molar-refractivity contribution in [3.05, 3.63) is 35.4 Å². The topological polar surface area (TPSA) is 58.4 Å². The average Bonchev–Trinajstić information content (AvgIpc) is 2.48. The molecule has 20 heavy (non-hydrogen) atoms. The van der Waals surface area contributed by atoms with Crippen molar-refractivity contribution >= 4 is 5.91 Å². The van der Waals surface area contributed by atoms with Crippen molar-refractivity contribution < 1.29 is 4.79 Å². The summed E-state index contributed by atoms with van der Waals surface area (Å²) in [5.41, 5.74) is 7.11. The predicted molar refractivity (Wildman–Crippen MR) is 81.6 cm³/mol. The number of nitrogens with one attached hydrogen (secondary N) is 1. The molecule has 0 spiro atoms. The smallest absolute Gasteiger partial charge is 0.248 e. The first kappa shape index (κ1) is 15.0. The number of benzene rings is 1. The first-order valence-electron chi connectivity index (χ1n) is 7.54. The zero-order valence-electron chi connectivity index (χ0n) is 12.3. The van der Waals surface area contributed by atoms with Crippen LogP contribution in [0.2, 0.25) is 0 Å². The molecule has 0 atom stereocenters. The molecule has 4 heteroatoms. The van der Waals surface area contributed by atoms with Gasteiger partial charge in [0.15, 0.2) is 0 Å². The molecule has 0 unspecified atom stereocenters. The van der Waals surface area contributed by atoms with Crippen LogP contribution in [0.5, 0.6) is 0 Å². The van der Waals surface area contributed by atoms with Crippen LogP contribution in [-0.2, 0) is 6.54 Å². The molecule has 110 valence electrons. The van der Waals surface area contributed by atoms with Crippen LogP contribution in [0.1, 0.15) is 42.1 Å².